The van der Waals surface area contributed by atoms with Gasteiger partial charge in [0.05, 0.1) is 12.9 Å². The van der Waals surface area contributed by atoms with Crippen LogP contribution in [0, 0.1) is 0 Å². The van der Waals surface area contributed by atoms with Crippen LogP contribution in [0.3, 0.4) is 0 Å². The number of rotatable bonds is 7. The molecule has 0 heterocycles. The van der Waals surface area contributed by atoms with Gasteiger partial charge < -0.3 is 4.74 Å². The molecule has 0 saturated heterocycles. The van der Waals surface area contributed by atoms with E-state index in [1.54, 1.807) is 6.92 Å². The number of hydrogen-bond acceptors (Lipinski definition) is 5. The molecule has 0 spiro atoms. The monoisotopic (exact) mass is 260 g/mol. The van der Waals surface area contributed by atoms with Gasteiger partial charge in [-0.1, -0.05) is 37.3 Å². The zero-order valence-corrected chi connectivity index (χ0v) is 10.6. The first kappa shape index (κ1) is 14.1. The highest BCUT2D eigenvalue weighted by Crippen LogP contribution is 2.08. The first-order valence-electron chi connectivity index (χ1n) is 5.21. The molecule has 0 saturated carbocycles. The number of benzene rings is 1. The summed E-state index contributed by atoms with van der Waals surface area (Å²) in [5.41, 5.74) is 0.980. The van der Waals surface area contributed by atoms with Crippen molar-refractivity contribution in [2.24, 2.45) is 0 Å². The van der Waals surface area contributed by atoms with E-state index in [0.29, 0.717) is 13.0 Å². The van der Waals surface area contributed by atoms with E-state index < -0.39 is 16.4 Å². The highest BCUT2D eigenvalue weighted by Gasteiger charge is 2.12. The third-order valence-electron chi connectivity index (χ3n) is 1.88. The van der Waals surface area contributed by atoms with Gasteiger partial charge in [0.2, 0.25) is 0 Å². The Hall–Kier alpha value is -0.950. The summed E-state index contributed by atoms with van der Waals surface area (Å²) >= 11 is 0. The molecule has 1 atom stereocenters. The first-order valence-corrected chi connectivity index (χ1v) is 7.03. The van der Waals surface area contributed by atoms with Crippen molar-refractivity contribution in [1.82, 2.24) is 0 Å². The van der Waals surface area contributed by atoms with Gasteiger partial charge in [0, 0.05) is 0 Å². The summed E-state index contributed by atoms with van der Waals surface area (Å²) in [6, 6.07) is 9.51. The van der Waals surface area contributed by atoms with Crippen LogP contribution in [0.4, 0.5) is 0 Å². The highest BCUT2D eigenvalue weighted by molar-refractivity contribution is 7.85. The molecule has 1 aromatic carbocycles. The quantitative estimate of drug-likeness (QED) is 0.425. The Labute approximate surface area is 101 Å². The van der Waals surface area contributed by atoms with E-state index in [2.05, 4.69) is 9.22 Å². The lowest BCUT2D eigenvalue weighted by Crippen LogP contribution is -2.18. The Morgan fingerprint density at radius 3 is 2.41 bits per heavy atom. The molecule has 17 heavy (non-hydrogen) atoms. The van der Waals surface area contributed by atoms with Crippen LogP contribution in [-0.4, -0.2) is 21.0 Å². The maximum absolute atomic E-state index is 10.7. The van der Waals surface area contributed by atoms with Crippen molar-refractivity contribution in [3.8, 4) is 0 Å². The fraction of sp³-hybridized carbons (Fsp3) is 0.455. The summed E-state index contributed by atoms with van der Waals surface area (Å²) in [5.74, 6) is 0. The van der Waals surface area contributed by atoms with Crippen LogP contribution in [0.5, 0.6) is 0 Å². The predicted molar refractivity (Wildman–Crippen MR) is 62.3 cm³/mol. The lowest BCUT2D eigenvalue weighted by molar-refractivity contribution is -0.319. The lowest BCUT2D eigenvalue weighted by Gasteiger charge is -2.14. The largest absolute Gasteiger partial charge is 0.345 e. The minimum atomic E-state index is -3.61. The second-order valence-corrected chi connectivity index (χ2v) is 5.05. The summed E-state index contributed by atoms with van der Waals surface area (Å²) in [4.78, 5) is 4.67. The van der Waals surface area contributed by atoms with E-state index in [4.69, 9.17) is 4.74 Å². The van der Waals surface area contributed by atoms with Crippen molar-refractivity contribution in [3.63, 3.8) is 0 Å². The number of ether oxygens (including phenoxy) is 1. The molecule has 6 heteroatoms. The minimum Gasteiger partial charge on any atom is -0.345 e. The van der Waals surface area contributed by atoms with Crippen LogP contribution in [0.1, 0.15) is 18.9 Å². The van der Waals surface area contributed by atoms with Gasteiger partial charge >= 0.3 is 0 Å². The maximum Gasteiger partial charge on any atom is 0.290 e. The van der Waals surface area contributed by atoms with Gasteiger partial charge in [-0.2, -0.15) is 13.3 Å². The predicted octanol–water partition coefficient (Wildman–Crippen LogP) is 1.85. The molecule has 0 aromatic heterocycles. The van der Waals surface area contributed by atoms with E-state index in [1.807, 2.05) is 30.3 Å². The Balaban J connectivity index is 2.38. The molecule has 0 aliphatic rings. The van der Waals surface area contributed by atoms with Gasteiger partial charge in [-0.15, -0.1) is 4.33 Å². The molecule has 96 valence electrons. The average molecular weight is 260 g/mol. The fourth-order valence-electron chi connectivity index (χ4n) is 1.09. The summed E-state index contributed by atoms with van der Waals surface area (Å²) in [5, 5.41) is 0. The molecule has 1 unspecified atom stereocenters. The second-order valence-electron chi connectivity index (χ2n) is 3.50. The summed E-state index contributed by atoms with van der Waals surface area (Å²) < 4.78 is 31.0. The second kappa shape index (κ2) is 6.70. The van der Waals surface area contributed by atoms with Gasteiger partial charge in [0.15, 0.2) is 6.29 Å². The van der Waals surface area contributed by atoms with E-state index in [1.165, 1.54) is 0 Å². The minimum absolute atomic E-state index is 0.340. The highest BCUT2D eigenvalue weighted by atomic mass is 32.2. The molecule has 1 rings (SSSR count). The van der Waals surface area contributed by atoms with Crippen LogP contribution in [0.15, 0.2) is 30.3 Å². The standard InChI is InChI=1S/C11H16O5S/c1-3-11(15-16-17(2,12)13)14-9-10-7-5-4-6-8-10/h4-8,11H,3,9H2,1-2H3. The molecule has 1 aromatic rings. The Morgan fingerprint density at radius 1 is 1.24 bits per heavy atom. The molecule has 0 amide bonds. The third kappa shape index (κ3) is 6.38. The SMILES string of the molecule is CCC(OCc1ccccc1)OOS(C)(=O)=O. The summed E-state index contributed by atoms with van der Waals surface area (Å²) in [7, 11) is -3.61. The average Bonchev–Trinajstić information content (AvgIpc) is 2.29. The molecular formula is C11H16O5S. The Morgan fingerprint density at radius 2 is 1.88 bits per heavy atom. The molecule has 0 aliphatic carbocycles. The van der Waals surface area contributed by atoms with Gasteiger partial charge in [0.1, 0.15) is 0 Å². The molecule has 0 fully saturated rings. The van der Waals surface area contributed by atoms with Crippen molar-refractivity contribution < 1.29 is 22.4 Å². The first-order chi connectivity index (χ1) is 8.01. The normalized spacial score (nSPS) is 13.5. The number of hydrogen-bond donors (Lipinski definition) is 0. The van der Waals surface area contributed by atoms with Crippen LogP contribution < -0.4 is 0 Å². The molecule has 0 bridgehead atoms. The zero-order valence-electron chi connectivity index (χ0n) is 9.83. The molecule has 0 N–H and O–H groups in total. The summed E-state index contributed by atoms with van der Waals surface area (Å²) in [6.45, 7) is 2.15. The van der Waals surface area contributed by atoms with Crippen LogP contribution in [-0.2, 0) is 30.7 Å². The van der Waals surface area contributed by atoms with Crippen LogP contribution >= 0.6 is 0 Å². The smallest absolute Gasteiger partial charge is 0.290 e. The van der Waals surface area contributed by atoms with E-state index >= 15 is 0 Å². The Kier molecular flexibility index (Phi) is 5.57. The zero-order chi connectivity index (χ0) is 12.7. The van der Waals surface area contributed by atoms with Gasteiger partial charge in [0.25, 0.3) is 10.1 Å². The molecule has 0 aliphatic heterocycles. The molecule has 5 nitrogen and oxygen atoms in total. The van der Waals surface area contributed by atoms with Crippen molar-refractivity contribution in [2.45, 2.75) is 26.2 Å². The van der Waals surface area contributed by atoms with Crippen LogP contribution in [0.2, 0.25) is 0 Å². The van der Waals surface area contributed by atoms with E-state index in [0.717, 1.165) is 11.8 Å². The summed E-state index contributed by atoms with van der Waals surface area (Å²) in [6.07, 6.45) is 0.698. The van der Waals surface area contributed by atoms with Crippen molar-refractivity contribution in [3.05, 3.63) is 35.9 Å². The van der Waals surface area contributed by atoms with Gasteiger partial charge in [-0.25, -0.2) is 0 Å². The van der Waals surface area contributed by atoms with Gasteiger partial charge in [-0.05, 0) is 12.0 Å². The lowest BCUT2D eigenvalue weighted by atomic mass is 10.2. The van der Waals surface area contributed by atoms with Gasteiger partial charge in [-0.3, -0.25) is 0 Å². The topological polar surface area (TPSA) is 61.8 Å². The van der Waals surface area contributed by atoms with Crippen LogP contribution in [0.25, 0.3) is 0 Å². The van der Waals surface area contributed by atoms with Crippen molar-refractivity contribution >= 4 is 10.1 Å². The fourth-order valence-corrected chi connectivity index (χ4v) is 1.32. The molecular weight excluding hydrogens is 244 g/mol. The maximum atomic E-state index is 10.7. The van der Waals surface area contributed by atoms with E-state index in [9.17, 15) is 8.42 Å². The van der Waals surface area contributed by atoms with E-state index in [-0.39, 0.29) is 0 Å². The van der Waals surface area contributed by atoms with Crippen molar-refractivity contribution in [2.75, 3.05) is 6.26 Å². The Bertz CT molecular complexity index is 415. The third-order valence-corrected chi connectivity index (χ3v) is 2.21. The molecule has 0 radical (unpaired) electrons. The van der Waals surface area contributed by atoms with Crippen molar-refractivity contribution in [1.29, 1.82) is 0 Å².